The Kier molecular flexibility index (Phi) is 6.21. The molecule has 0 aromatic heterocycles. The van der Waals surface area contributed by atoms with Crippen LogP contribution in [-0.4, -0.2) is 37.9 Å². The van der Waals surface area contributed by atoms with E-state index < -0.39 is 15.9 Å². The second-order valence-electron chi connectivity index (χ2n) is 6.58. The van der Waals surface area contributed by atoms with Gasteiger partial charge in [0.15, 0.2) is 9.84 Å². The van der Waals surface area contributed by atoms with Gasteiger partial charge < -0.3 is 16.0 Å². The van der Waals surface area contributed by atoms with Crippen molar-refractivity contribution >= 4 is 39.1 Å². The number of halogens is 1. The number of rotatable bonds is 5. The normalized spacial score (nSPS) is 17.7. The van der Waals surface area contributed by atoms with Crippen LogP contribution in [0.15, 0.2) is 48.5 Å². The molecular formula is C19H20ClN3O4S. The molecule has 2 aromatic carbocycles. The van der Waals surface area contributed by atoms with E-state index in [2.05, 4.69) is 16.0 Å². The fourth-order valence-corrected chi connectivity index (χ4v) is 4.65. The molecule has 3 amide bonds. The van der Waals surface area contributed by atoms with E-state index in [0.29, 0.717) is 29.2 Å². The SMILES string of the molecule is O=C(Nc1ccc(C(=O)NCc2ccc(Cl)cc2)cc1)N[C@@H]1CCS(=O)(=O)C1. The highest BCUT2D eigenvalue weighted by Crippen LogP contribution is 2.13. The number of hydrogen-bond donors (Lipinski definition) is 3. The highest BCUT2D eigenvalue weighted by atomic mass is 35.5. The number of anilines is 1. The minimum absolute atomic E-state index is 0.0346. The van der Waals surface area contributed by atoms with Crippen LogP contribution in [0, 0.1) is 0 Å². The number of carbonyl (C=O) groups is 2. The average molecular weight is 422 g/mol. The molecule has 1 aliphatic heterocycles. The van der Waals surface area contributed by atoms with Gasteiger partial charge in [-0.05, 0) is 48.4 Å². The Morgan fingerprint density at radius 1 is 1.04 bits per heavy atom. The average Bonchev–Trinajstić information content (AvgIpc) is 2.99. The molecule has 0 spiro atoms. The lowest BCUT2D eigenvalue weighted by molar-refractivity contribution is 0.0951. The Balaban J connectivity index is 1.49. The van der Waals surface area contributed by atoms with Crippen molar-refractivity contribution in [2.45, 2.75) is 19.0 Å². The van der Waals surface area contributed by atoms with E-state index in [9.17, 15) is 18.0 Å². The Hall–Kier alpha value is -2.58. The minimum atomic E-state index is -3.05. The zero-order valence-electron chi connectivity index (χ0n) is 14.9. The lowest BCUT2D eigenvalue weighted by Crippen LogP contribution is -2.38. The first-order chi connectivity index (χ1) is 13.3. The molecule has 1 fully saturated rings. The summed E-state index contributed by atoms with van der Waals surface area (Å²) < 4.78 is 22.9. The summed E-state index contributed by atoms with van der Waals surface area (Å²) in [6.07, 6.45) is 0.419. The van der Waals surface area contributed by atoms with Gasteiger partial charge in [0.2, 0.25) is 0 Å². The largest absolute Gasteiger partial charge is 0.348 e. The first-order valence-corrected chi connectivity index (χ1v) is 10.9. The summed E-state index contributed by atoms with van der Waals surface area (Å²) in [6, 6.07) is 12.8. The zero-order valence-corrected chi connectivity index (χ0v) is 16.5. The lowest BCUT2D eigenvalue weighted by Gasteiger charge is -2.12. The van der Waals surface area contributed by atoms with Crippen LogP contribution in [0.25, 0.3) is 0 Å². The molecule has 0 saturated carbocycles. The number of urea groups is 1. The highest BCUT2D eigenvalue weighted by molar-refractivity contribution is 7.91. The van der Waals surface area contributed by atoms with E-state index in [1.807, 2.05) is 12.1 Å². The van der Waals surface area contributed by atoms with E-state index in [-0.39, 0.29) is 23.5 Å². The predicted molar refractivity (Wildman–Crippen MR) is 108 cm³/mol. The summed E-state index contributed by atoms with van der Waals surface area (Å²) in [4.78, 5) is 24.2. The first-order valence-electron chi connectivity index (χ1n) is 8.71. The fraction of sp³-hybridized carbons (Fsp3) is 0.263. The molecule has 7 nitrogen and oxygen atoms in total. The van der Waals surface area contributed by atoms with Crippen molar-refractivity contribution in [2.24, 2.45) is 0 Å². The smallest absolute Gasteiger partial charge is 0.319 e. The van der Waals surface area contributed by atoms with Crippen LogP contribution in [0.5, 0.6) is 0 Å². The lowest BCUT2D eigenvalue weighted by atomic mass is 10.1. The zero-order chi connectivity index (χ0) is 20.1. The molecule has 9 heteroatoms. The van der Waals surface area contributed by atoms with E-state index >= 15 is 0 Å². The van der Waals surface area contributed by atoms with E-state index in [4.69, 9.17) is 11.6 Å². The Morgan fingerprint density at radius 3 is 2.32 bits per heavy atom. The fourth-order valence-electron chi connectivity index (χ4n) is 2.85. The molecule has 1 saturated heterocycles. The number of benzene rings is 2. The third kappa shape index (κ3) is 5.71. The summed E-state index contributed by atoms with van der Waals surface area (Å²) in [7, 11) is -3.05. The molecular weight excluding hydrogens is 402 g/mol. The molecule has 1 aliphatic rings. The predicted octanol–water partition coefficient (Wildman–Crippen LogP) is 2.58. The maximum absolute atomic E-state index is 12.2. The molecule has 0 radical (unpaired) electrons. The van der Waals surface area contributed by atoms with E-state index in [0.717, 1.165) is 5.56 Å². The number of nitrogens with one attached hydrogen (secondary N) is 3. The maximum Gasteiger partial charge on any atom is 0.319 e. The molecule has 0 bridgehead atoms. The third-order valence-corrected chi connectivity index (χ3v) is 6.36. The molecule has 148 valence electrons. The summed E-state index contributed by atoms with van der Waals surface area (Å²) in [6.45, 7) is 0.378. The van der Waals surface area contributed by atoms with Gasteiger partial charge in [-0.25, -0.2) is 13.2 Å². The molecule has 1 heterocycles. The third-order valence-electron chi connectivity index (χ3n) is 4.34. The molecule has 0 unspecified atom stereocenters. The van der Waals surface area contributed by atoms with Crippen LogP contribution < -0.4 is 16.0 Å². The standard InChI is InChI=1S/C19H20ClN3O4S/c20-15-5-1-13(2-6-15)11-21-18(24)14-3-7-16(8-4-14)22-19(25)23-17-9-10-28(26,27)12-17/h1-8,17H,9-12H2,(H,21,24)(H2,22,23,25)/t17-/m1/s1. The monoisotopic (exact) mass is 421 g/mol. The molecule has 3 N–H and O–H groups in total. The summed E-state index contributed by atoms with van der Waals surface area (Å²) >= 11 is 5.83. The number of amides is 3. The van der Waals surface area contributed by atoms with Gasteiger partial charge in [-0.2, -0.15) is 0 Å². The first kappa shape index (κ1) is 20.2. The molecule has 2 aromatic rings. The summed E-state index contributed by atoms with van der Waals surface area (Å²) in [5.41, 5.74) is 1.90. The maximum atomic E-state index is 12.2. The van der Waals surface area contributed by atoms with Crippen LogP contribution in [0.3, 0.4) is 0 Å². The summed E-state index contributed by atoms with van der Waals surface area (Å²) in [5.74, 6) is -0.174. The molecule has 3 rings (SSSR count). The van der Waals surface area contributed by atoms with Gasteiger partial charge in [-0.15, -0.1) is 0 Å². The Labute approximate surface area is 168 Å². The number of hydrogen-bond acceptors (Lipinski definition) is 4. The second-order valence-corrected chi connectivity index (χ2v) is 9.25. The highest BCUT2D eigenvalue weighted by Gasteiger charge is 2.28. The van der Waals surface area contributed by atoms with Crippen molar-refractivity contribution < 1.29 is 18.0 Å². The van der Waals surface area contributed by atoms with Crippen molar-refractivity contribution in [2.75, 3.05) is 16.8 Å². The molecule has 28 heavy (non-hydrogen) atoms. The van der Waals surface area contributed by atoms with Crippen molar-refractivity contribution in [1.29, 1.82) is 0 Å². The van der Waals surface area contributed by atoms with Gasteiger partial charge in [0, 0.05) is 28.9 Å². The van der Waals surface area contributed by atoms with Gasteiger partial charge in [-0.1, -0.05) is 23.7 Å². The second kappa shape index (κ2) is 8.62. The van der Waals surface area contributed by atoms with Gasteiger partial charge in [0.25, 0.3) is 5.91 Å². The van der Waals surface area contributed by atoms with Crippen LogP contribution in [0.4, 0.5) is 10.5 Å². The Morgan fingerprint density at radius 2 is 1.71 bits per heavy atom. The van der Waals surface area contributed by atoms with E-state index in [1.165, 1.54) is 0 Å². The van der Waals surface area contributed by atoms with E-state index in [1.54, 1.807) is 36.4 Å². The summed E-state index contributed by atoms with van der Waals surface area (Å²) in [5, 5.41) is 8.73. The van der Waals surface area contributed by atoms with Crippen LogP contribution in [0.1, 0.15) is 22.3 Å². The van der Waals surface area contributed by atoms with Crippen LogP contribution >= 0.6 is 11.6 Å². The van der Waals surface area contributed by atoms with Gasteiger partial charge in [0.1, 0.15) is 0 Å². The minimum Gasteiger partial charge on any atom is -0.348 e. The quantitative estimate of drug-likeness (QED) is 0.690. The molecule has 0 aliphatic carbocycles. The van der Waals surface area contributed by atoms with Crippen molar-refractivity contribution in [3.05, 3.63) is 64.7 Å². The van der Waals surface area contributed by atoms with Crippen LogP contribution in [-0.2, 0) is 16.4 Å². The number of carbonyl (C=O) groups excluding carboxylic acids is 2. The molecule has 1 atom stereocenters. The Bertz CT molecular complexity index is 960. The van der Waals surface area contributed by atoms with Crippen LogP contribution in [0.2, 0.25) is 5.02 Å². The van der Waals surface area contributed by atoms with Crippen molar-refractivity contribution in [1.82, 2.24) is 10.6 Å². The number of sulfone groups is 1. The van der Waals surface area contributed by atoms with Gasteiger partial charge in [-0.3, -0.25) is 4.79 Å². The van der Waals surface area contributed by atoms with Crippen molar-refractivity contribution in [3.8, 4) is 0 Å². The van der Waals surface area contributed by atoms with Gasteiger partial charge >= 0.3 is 6.03 Å². The van der Waals surface area contributed by atoms with Gasteiger partial charge in [0.05, 0.1) is 11.5 Å². The van der Waals surface area contributed by atoms with Crippen molar-refractivity contribution in [3.63, 3.8) is 0 Å². The topological polar surface area (TPSA) is 104 Å².